The lowest BCUT2D eigenvalue weighted by Crippen LogP contribution is -2.45. The molecule has 0 aliphatic heterocycles. The summed E-state index contributed by atoms with van der Waals surface area (Å²) in [6, 6.07) is 13.2. The van der Waals surface area contributed by atoms with E-state index in [-0.39, 0.29) is 13.0 Å². The Hall–Kier alpha value is -3.22. The van der Waals surface area contributed by atoms with Crippen LogP contribution in [0.1, 0.15) is 11.1 Å². The van der Waals surface area contributed by atoms with Gasteiger partial charge in [0.15, 0.2) is 11.5 Å². The Morgan fingerprint density at radius 3 is 2.19 bits per heavy atom. The number of ether oxygens (including phenoxy) is 3. The van der Waals surface area contributed by atoms with Gasteiger partial charge in [0.2, 0.25) is 0 Å². The molecule has 7 nitrogen and oxygen atoms in total. The predicted molar refractivity (Wildman–Crippen MR) is 99.1 cm³/mol. The Labute approximate surface area is 158 Å². The molecule has 0 aliphatic rings. The Kier molecular flexibility index (Phi) is 7.05. The van der Waals surface area contributed by atoms with Gasteiger partial charge in [-0.3, -0.25) is 4.90 Å². The van der Waals surface area contributed by atoms with Gasteiger partial charge in [0, 0.05) is 6.42 Å². The molecule has 0 unspecified atom stereocenters. The second-order valence-corrected chi connectivity index (χ2v) is 5.83. The maximum absolute atomic E-state index is 12.3. The van der Waals surface area contributed by atoms with Crippen molar-refractivity contribution in [3.05, 3.63) is 59.7 Å². The molecule has 0 bridgehead atoms. The second kappa shape index (κ2) is 9.47. The largest absolute Gasteiger partial charge is 0.493 e. The molecule has 2 aromatic rings. The third-order valence-corrected chi connectivity index (χ3v) is 4.14. The molecule has 0 heterocycles. The Bertz CT molecular complexity index is 777. The van der Waals surface area contributed by atoms with E-state index >= 15 is 0 Å². The third kappa shape index (κ3) is 5.13. The number of carbonyl (C=O) groups excluding carboxylic acids is 1. The number of nitrogens with zero attached hydrogens (tertiary/aromatic N) is 1. The molecule has 2 aromatic carbocycles. The van der Waals surface area contributed by atoms with Gasteiger partial charge in [-0.1, -0.05) is 36.4 Å². The summed E-state index contributed by atoms with van der Waals surface area (Å²) >= 11 is 0. The van der Waals surface area contributed by atoms with Crippen molar-refractivity contribution >= 4 is 12.1 Å². The quantitative estimate of drug-likeness (QED) is 0.766. The van der Waals surface area contributed by atoms with Crippen LogP contribution in [-0.4, -0.2) is 49.4 Å². The molecule has 2 rings (SSSR count). The highest BCUT2D eigenvalue weighted by Gasteiger charge is 2.31. The van der Waals surface area contributed by atoms with Gasteiger partial charge in [-0.15, -0.1) is 0 Å². The van der Waals surface area contributed by atoms with E-state index in [1.54, 1.807) is 18.2 Å². The highest BCUT2D eigenvalue weighted by molar-refractivity contribution is 5.80. The summed E-state index contributed by atoms with van der Waals surface area (Å²) in [7, 11) is 4.26. The van der Waals surface area contributed by atoms with Crippen LogP contribution in [0.4, 0.5) is 4.79 Å². The molecule has 0 saturated heterocycles. The highest BCUT2D eigenvalue weighted by Crippen LogP contribution is 2.28. The summed E-state index contributed by atoms with van der Waals surface area (Å²) in [5, 5.41) is 9.72. The van der Waals surface area contributed by atoms with Crippen LogP contribution in [-0.2, 0) is 22.5 Å². The number of hydrogen-bond donors (Lipinski definition) is 1. The first-order valence-electron chi connectivity index (χ1n) is 8.32. The molecule has 7 heteroatoms. The van der Waals surface area contributed by atoms with E-state index in [2.05, 4.69) is 0 Å². The highest BCUT2D eigenvalue weighted by atomic mass is 16.5. The minimum absolute atomic E-state index is 0.0524. The fraction of sp³-hybridized carbons (Fsp3) is 0.300. The molecule has 27 heavy (non-hydrogen) atoms. The molecule has 1 atom stereocenters. The zero-order chi connectivity index (χ0) is 19.8. The van der Waals surface area contributed by atoms with E-state index in [1.807, 2.05) is 30.3 Å². The van der Waals surface area contributed by atoms with Crippen LogP contribution in [0.5, 0.6) is 11.5 Å². The average molecular weight is 373 g/mol. The van der Waals surface area contributed by atoms with Crippen LogP contribution < -0.4 is 9.47 Å². The minimum atomic E-state index is -1.11. The molecule has 0 radical (unpaired) electrons. The maximum atomic E-state index is 12.3. The smallest absolute Gasteiger partial charge is 0.410 e. The maximum Gasteiger partial charge on any atom is 0.410 e. The van der Waals surface area contributed by atoms with Crippen LogP contribution in [0.2, 0.25) is 0 Å². The Morgan fingerprint density at radius 2 is 1.63 bits per heavy atom. The number of carboxylic acids is 1. The van der Waals surface area contributed by atoms with E-state index in [0.29, 0.717) is 17.1 Å². The standard InChI is InChI=1S/C20H23NO6/c1-25-17-10-9-15(12-18(17)26-2)13-21(20(24)27-3)16(19(22)23)11-14-7-5-4-6-8-14/h4-10,12,16H,11,13H2,1-3H3,(H,22,23)/t16-/m0/s1. The predicted octanol–water partition coefficient (Wildman–Crippen LogP) is 2.97. The number of amides is 1. The third-order valence-electron chi connectivity index (χ3n) is 4.14. The van der Waals surface area contributed by atoms with Crippen LogP contribution in [0.15, 0.2) is 48.5 Å². The van der Waals surface area contributed by atoms with Crippen LogP contribution in [0, 0.1) is 0 Å². The summed E-state index contributed by atoms with van der Waals surface area (Å²) in [5.41, 5.74) is 1.50. The van der Waals surface area contributed by atoms with Gasteiger partial charge in [0.25, 0.3) is 0 Å². The van der Waals surface area contributed by atoms with Gasteiger partial charge >= 0.3 is 12.1 Å². The topological polar surface area (TPSA) is 85.3 Å². The van der Waals surface area contributed by atoms with Gasteiger partial charge in [0.1, 0.15) is 6.04 Å². The number of hydrogen-bond acceptors (Lipinski definition) is 5. The molecule has 144 valence electrons. The monoisotopic (exact) mass is 373 g/mol. The van der Waals surface area contributed by atoms with Crippen LogP contribution in [0.25, 0.3) is 0 Å². The summed E-state index contributed by atoms with van der Waals surface area (Å²) in [5.74, 6) is -0.0654. The Morgan fingerprint density at radius 1 is 0.963 bits per heavy atom. The van der Waals surface area contributed by atoms with Gasteiger partial charge in [0.05, 0.1) is 27.9 Å². The van der Waals surface area contributed by atoms with Gasteiger partial charge in [-0.05, 0) is 23.3 Å². The van der Waals surface area contributed by atoms with E-state index in [9.17, 15) is 14.7 Å². The van der Waals surface area contributed by atoms with Gasteiger partial charge in [-0.2, -0.15) is 0 Å². The fourth-order valence-electron chi connectivity index (χ4n) is 2.76. The fourth-order valence-corrected chi connectivity index (χ4v) is 2.76. The van der Waals surface area contributed by atoms with E-state index in [0.717, 1.165) is 5.56 Å². The van der Waals surface area contributed by atoms with Crippen molar-refractivity contribution < 1.29 is 28.9 Å². The van der Waals surface area contributed by atoms with Crippen molar-refractivity contribution in [2.24, 2.45) is 0 Å². The molecule has 1 N–H and O–H groups in total. The van der Waals surface area contributed by atoms with E-state index in [4.69, 9.17) is 14.2 Å². The lowest BCUT2D eigenvalue weighted by atomic mass is 10.0. The molecule has 0 fully saturated rings. The van der Waals surface area contributed by atoms with Crippen molar-refractivity contribution in [3.63, 3.8) is 0 Å². The molecular formula is C20H23NO6. The number of carboxylic acid groups (broad SMARTS) is 1. The van der Waals surface area contributed by atoms with E-state index < -0.39 is 18.1 Å². The molecular weight excluding hydrogens is 350 g/mol. The minimum Gasteiger partial charge on any atom is -0.493 e. The zero-order valence-electron chi connectivity index (χ0n) is 15.5. The van der Waals surface area contributed by atoms with Gasteiger partial charge < -0.3 is 19.3 Å². The SMILES string of the molecule is COC(=O)N(Cc1ccc(OC)c(OC)c1)[C@@H](Cc1ccccc1)C(=O)O. The number of methoxy groups -OCH3 is 3. The lowest BCUT2D eigenvalue weighted by Gasteiger charge is -2.28. The lowest BCUT2D eigenvalue weighted by molar-refractivity contribution is -0.142. The van der Waals surface area contributed by atoms with Crippen molar-refractivity contribution in [1.82, 2.24) is 4.90 Å². The molecule has 0 aromatic heterocycles. The van der Waals surface area contributed by atoms with Crippen molar-refractivity contribution in [2.75, 3.05) is 21.3 Å². The number of carbonyl (C=O) groups is 2. The van der Waals surface area contributed by atoms with Crippen LogP contribution in [0.3, 0.4) is 0 Å². The van der Waals surface area contributed by atoms with Crippen LogP contribution >= 0.6 is 0 Å². The summed E-state index contributed by atoms with van der Waals surface area (Å²) in [6.07, 6.45) is -0.549. The first-order chi connectivity index (χ1) is 13.0. The first kappa shape index (κ1) is 20.1. The van der Waals surface area contributed by atoms with E-state index in [1.165, 1.54) is 26.2 Å². The second-order valence-electron chi connectivity index (χ2n) is 5.83. The molecule has 0 spiro atoms. The Balaban J connectivity index is 2.32. The normalized spacial score (nSPS) is 11.4. The average Bonchev–Trinajstić information content (AvgIpc) is 2.70. The zero-order valence-corrected chi connectivity index (χ0v) is 15.5. The summed E-state index contributed by atoms with van der Waals surface area (Å²) in [6.45, 7) is 0.0524. The molecule has 0 saturated carbocycles. The summed E-state index contributed by atoms with van der Waals surface area (Å²) in [4.78, 5) is 25.4. The van der Waals surface area contributed by atoms with Gasteiger partial charge in [-0.25, -0.2) is 9.59 Å². The number of benzene rings is 2. The number of rotatable bonds is 8. The summed E-state index contributed by atoms with van der Waals surface area (Å²) < 4.78 is 15.3. The number of aliphatic carboxylic acids is 1. The first-order valence-corrected chi connectivity index (χ1v) is 8.32. The molecule has 0 aliphatic carbocycles. The molecule has 1 amide bonds. The van der Waals surface area contributed by atoms with Crippen molar-refractivity contribution in [1.29, 1.82) is 0 Å². The van der Waals surface area contributed by atoms with Crippen molar-refractivity contribution in [3.8, 4) is 11.5 Å². The van der Waals surface area contributed by atoms with Crippen molar-refractivity contribution in [2.45, 2.75) is 19.0 Å².